The van der Waals surface area contributed by atoms with Crippen LogP contribution in [0.25, 0.3) is 22.3 Å². The van der Waals surface area contributed by atoms with E-state index in [9.17, 15) is 19.5 Å². The van der Waals surface area contributed by atoms with E-state index in [1.165, 1.54) is 0 Å². The molecule has 10 nitrogen and oxygen atoms in total. The molecule has 34 heavy (non-hydrogen) atoms. The number of aliphatic hydroxyl groups is 1. The quantitative estimate of drug-likeness (QED) is 0.421. The van der Waals surface area contributed by atoms with Crippen LogP contribution in [-0.2, 0) is 22.7 Å². The molecule has 0 bridgehead atoms. The number of amides is 1. The molecule has 1 aromatic carbocycles. The second kappa shape index (κ2) is 7.64. The number of likely N-dealkylation sites (N-methyl/N-ethyl adjacent to an activating group) is 1. The van der Waals surface area contributed by atoms with Gasteiger partial charge in [0.05, 0.1) is 29.0 Å². The van der Waals surface area contributed by atoms with Gasteiger partial charge in [0, 0.05) is 42.7 Å². The molecule has 6 rings (SSSR count). The van der Waals surface area contributed by atoms with E-state index in [2.05, 4.69) is 4.90 Å². The molecule has 1 saturated heterocycles. The van der Waals surface area contributed by atoms with Gasteiger partial charge in [0.2, 0.25) is 0 Å². The minimum atomic E-state index is -1.48. The monoisotopic (exact) mass is 462 g/mol. The van der Waals surface area contributed by atoms with Gasteiger partial charge in [-0.3, -0.25) is 4.79 Å². The highest BCUT2D eigenvalue weighted by atomic mass is 16.6. The van der Waals surface area contributed by atoms with Crippen molar-refractivity contribution in [1.82, 2.24) is 19.4 Å². The lowest BCUT2D eigenvalue weighted by atomic mass is 10.0. The number of nitrogens with zero attached hydrogens (tertiary/aromatic N) is 4. The van der Waals surface area contributed by atoms with E-state index in [0.717, 1.165) is 24.0 Å². The first-order valence-corrected chi connectivity index (χ1v) is 11.1. The fourth-order valence-corrected chi connectivity index (χ4v) is 4.73. The van der Waals surface area contributed by atoms with Crippen molar-refractivity contribution in [1.29, 1.82) is 0 Å². The summed E-state index contributed by atoms with van der Waals surface area (Å²) in [6.45, 7) is 3.03. The van der Waals surface area contributed by atoms with Crippen molar-refractivity contribution in [2.24, 2.45) is 0 Å². The summed E-state index contributed by atoms with van der Waals surface area (Å²) >= 11 is 0. The third kappa shape index (κ3) is 3.25. The fourth-order valence-electron chi connectivity index (χ4n) is 4.73. The van der Waals surface area contributed by atoms with E-state index in [0.29, 0.717) is 42.3 Å². The van der Waals surface area contributed by atoms with Gasteiger partial charge < -0.3 is 28.9 Å². The average molecular weight is 462 g/mol. The number of carbonyl (C=O) groups is 2. The number of esters is 1. The van der Waals surface area contributed by atoms with E-state index >= 15 is 0 Å². The lowest BCUT2D eigenvalue weighted by Crippen LogP contribution is -2.48. The van der Waals surface area contributed by atoms with Crippen LogP contribution in [0.15, 0.2) is 35.1 Å². The van der Waals surface area contributed by atoms with Gasteiger partial charge in [0.25, 0.3) is 5.56 Å². The number of piperazine rings is 1. The molecule has 0 spiro atoms. The third-order valence-corrected chi connectivity index (χ3v) is 6.71. The first kappa shape index (κ1) is 20.8. The normalized spacial score (nSPS) is 19.4. The van der Waals surface area contributed by atoms with Crippen LogP contribution in [0.1, 0.15) is 22.8 Å². The molecule has 1 atom stereocenters. The Morgan fingerprint density at radius 1 is 1.15 bits per heavy atom. The number of fused-ring (bicyclic) bond motifs is 5. The van der Waals surface area contributed by atoms with Gasteiger partial charge in [0.1, 0.15) is 12.4 Å². The molecule has 2 aromatic heterocycles. The second-order valence-corrected chi connectivity index (χ2v) is 8.87. The number of cyclic esters (lactones) is 1. The van der Waals surface area contributed by atoms with Crippen LogP contribution in [0.3, 0.4) is 0 Å². The standard InChI is InChI=1S/C24H22N4O6/c1-26-4-6-27(7-5-26)24(32)34-15-2-3-18-13(9-15)8-14-11-28-19(20(14)25-18)10-16-17(22(28)30)12-33-23(31)21(16)29/h2-3,8-10,21,29H,4-7,11-12H2,1H3. The van der Waals surface area contributed by atoms with Gasteiger partial charge in [-0.2, -0.15) is 0 Å². The summed E-state index contributed by atoms with van der Waals surface area (Å²) in [5.41, 5.74) is 2.94. The Bertz CT molecular complexity index is 1420. The van der Waals surface area contributed by atoms with Crippen LogP contribution in [0.4, 0.5) is 4.79 Å². The summed E-state index contributed by atoms with van der Waals surface area (Å²) in [4.78, 5) is 45.9. The number of carbonyl (C=O) groups excluding carboxylic acids is 2. The highest BCUT2D eigenvalue weighted by Crippen LogP contribution is 2.35. The van der Waals surface area contributed by atoms with Crippen molar-refractivity contribution in [2.75, 3.05) is 33.2 Å². The van der Waals surface area contributed by atoms with Crippen LogP contribution in [0.2, 0.25) is 0 Å². The number of rotatable bonds is 1. The lowest BCUT2D eigenvalue weighted by Gasteiger charge is -2.31. The molecule has 3 aliphatic rings. The number of hydrogen-bond donors (Lipinski definition) is 1. The zero-order chi connectivity index (χ0) is 23.6. The molecule has 3 aliphatic heterocycles. The molecular weight excluding hydrogens is 440 g/mol. The number of pyridine rings is 2. The zero-order valence-electron chi connectivity index (χ0n) is 18.5. The number of aromatic nitrogens is 2. The summed E-state index contributed by atoms with van der Waals surface area (Å²) in [6.07, 6.45) is -1.86. The minimum absolute atomic E-state index is 0.155. The van der Waals surface area contributed by atoms with Crippen LogP contribution in [0, 0.1) is 0 Å². The predicted octanol–water partition coefficient (Wildman–Crippen LogP) is 1.26. The van der Waals surface area contributed by atoms with Crippen LogP contribution in [-0.4, -0.2) is 69.7 Å². The summed E-state index contributed by atoms with van der Waals surface area (Å²) in [5, 5.41) is 11.0. The van der Waals surface area contributed by atoms with Gasteiger partial charge in [-0.05, 0) is 37.4 Å². The molecule has 10 heteroatoms. The molecule has 1 unspecified atom stereocenters. The Morgan fingerprint density at radius 3 is 2.74 bits per heavy atom. The zero-order valence-corrected chi connectivity index (χ0v) is 18.5. The van der Waals surface area contributed by atoms with E-state index < -0.39 is 12.1 Å². The number of aliphatic hydroxyl groups excluding tert-OH is 1. The molecular formula is C24H22N4O6. The summed E-state index contributed by atoms with van der Waals surface area (Å²) in [6, 6.07) is 8.81. The highest BCUT2D eigenvalue weighted by Gasteiger charge is 2.33. The van der Waals surface area contributed by atoms with Gasteiger partial charge in [-0.25, -0.2) is 14.6 Å². The average Bonchev–Trinajstić information content (AvgIpc) is 3.18. The van der Waals surface area contributed by atoms with Crippen molar-refractivity contribution in [3.8, 4) is 17.1 Å². The van der Waals surface area contributed by atoms with Crippen molar-refractivity contribution in [3.63, 3.8) is 0 Å². The van der Waals surface area contributed by atoms with Crippen molar-refractivity contribution in [3.05, 3.63) is 57.4 Å². The smallest absolute Gasteiger partial charge is 0.415 e. The number of benzene rings is 1. The molecule has 1 fully saturated rings. The fraction of sp³-hybridized carbons (Fsp3) is 0.333. The maximum absolute atomic E-state index is 13.0. The number of hydrogen-bond acceptors (Lipinski definition) is 8. The Morgan fingerprint density at radius 2 is 1.94 bits per heavy atom. The van der Waals surface area contributed by atoms with Crippen molar-refractivity contribution in [2.45, 2.75) is 19.3 Å². The maximum Gasteiger partial charge on any atom is 0.415 e. The van der Waals surface area contributed by atoms with Crippen LogP contribution < -0.4 is 10.3 Å². The minimum Gasteiger partial charge on any atom is -0.458 e. The topological polar surface area (TPSA) is 114 Å². The van der Waals surface area contributed by atoms with E-state index in [1.807, 2.05) is 13.1 Å². The van der Waals surface area contributed by atoms with Gasteiger partial charge in [-0.1, -0.05) is 0 Å². The summed E-state index contributed by atoms with van der Waals surface area (Å²) < 4.78 is 12.1. The third-order valence-electron chi connectivity index (χ3n) is 6.71. The molecule has 5 heterocycles. The van der Waals surface area contributed by atoms with Crippen LogP contribution >= 0.6 is 0 Å². The highest BCUT2D eigenvalue weighted by molar-refractivity contribution is 5.86. The van der Waals surface area contributed by atoms with Crippen LogP contribution in [0.5, 0.6) is 5.75 Å². The molecule has 0 aliphatic carbocycles. The SMILES string of the molecule is CN1CCN(C(=O)Oc2ccc3nc4c(cc3c2)Cn2c-4cc3c(c2=O)COC(=O)C3O)CC1. The molecule has 174 valence electrons. The first-order chi connectivity index (χ1) is 16.4. The number of ether oxygens (including phenoxy) is 2. The summed E-state index contributed by atoms with van der Waals surface area (Å²) in [5.74, 6) is -0.333. The lowest BCUT2D eigenvalue weighted by molar-refractivity contribution is -0.157. The summed E-state index contributed by atoms with van der Waals surface area (Å²) in [7, 11) is 2.02. The van der Waals surface area contributed by atoms with E-state index in [4.69, 9.17) is 14.5 Å². The Balaban J connectivity index is 1.33. The second-order valence-electron chi connectivity index (χ2n) is 8.87. The Labute approximate surface area is 193 Å². The molecule has 1 N–H and O–H groups in total. The van der Waals surface area contributed by atoms with Crippen molar-refractivity contribution >= 4 is 23.0 Å². The maximum atomic E-state index is 13.0. The Hall–Kier alpha value is -3.76. The van der Waals surface area contributed by atoms with Gasteiger partial charge in [0.15, 0.2) is 6.10 Å². The first-order valence-electron chi connectivity index (χ1n) is 11.1. The molecule has 0 radical (unpaired) electrons. The van der Waals surface area contributed by atoms with E-state index in [1.54, 1.807) is 33.7 Å². The van der Waals surface area contributed by atoms with Gasteiger partial charge in [-0.15, -0.1) is 0 Å². The predicted molar refractivity (Wildman–Crippen MR) is 120 cm³/mol. The van der Waals surface area contributed by atoms with E-state index in [-0.39, 0.29) is 29.4 Å². The Kier molecular flexibility index (Phi) is 4.68. The molecule has 0 saturated carbocycles. The molecule has 1 amide bonds. The molecule has 3 aromatic rings. The van der Waals surface area contributed by atoms with Gasteiger partial charge >= 0.3 is 12.1 Å². The van der Waals surface area contributed by atoms with Crippen molar-refractivity contribution < 1.29 is 24.2 Å². The largest absolute Gasteiger partial charge is 0.458 e.